The number of rotatable bonds is 6. The molecule has 3 N–H and O–H groups in total. The monoisotopic (exact) mass is 395 g/mol. The summed E-state index contributed by atoms with van der Waals surface area (Å²) in [5.41, 5.74) is 13.8. The summed E-state index contributed by atoms with van der Waals surface area (Å²) in [5, 5.41) is 10.5. The Morgan fingerprint density at radius 1 is 0.933 bits per heavy atom. The fourth-order valence-electron chi connectivity index (χ4n) is 4.30. The molecule has 0 aliphatic heterocycles. The quantitative estimate of drug-likeness (QED) is 0.572. The number of aromatic hydroxyl groups is 1. The van der Waals surface area contributed by atoms with Crippen molar-refractivity contribution in [2.75, 3.05) is 0 Å². The van der Waals surface area contributed by atoms with Gasteiger partial charge in [-0.25, -0.2) is 0 Å². The predicted octanol–water partition coefficient (Wildman–Crippen LogP) is 5.58. The van der Waals surface area contributed by atoms with Crippen LogP contribution in [0.1, 0.15) is 47.6 Å². The van der Waals surface area contributed by atoms with Crippen LogP contribution in [0.4, 0.5) is 0 Å². The average molecular weight is 396 g/mol. The number of fused-ring (bicyclic) bond motifs is 1. The Labute approximate surface area is 177 Å². The van der Waals surface area contributed by atoms with Gasteiger partial charge in [0.05, 0.1) is 6.42 Å². The average Bonchev–Trinajstić information content (AvgIpc) is 3.03. The smallest absolute Gasteiger partial charge is 0.221 e. The van der Waals surface area contributed by atoms with Crippen LogP contribution in [0.5, 0.6) is 5.75 Å². The van der Waals surface area contributed by atoms with E-state index in [1.54, 1.807) is 6.07 Å². The molecule has 0 bridgehead atoms. The van der Waals surface area contributed by atoms with E-state index in [9.17, 15) is 9.90 Å². The van der Waals surface area contributed by atoms with E-state index in [1.165, 1.54) is 11.1 Å². The second-order valence-electron chi connectivity index (χ2n) is 7.57. The molecule has 0 saturated carbocycles. The van der Waals surface area contributed by atoms with Crippen LogP contribution >= 0.6 is 0 Å². The zero-order valence-electron chi connectivity index (χ0n) is 17.1. The fourth-order valence-corrected chi connectivity index (χ4v) is 4.30. The molecule has 4 rings (SSSR count). The first kappa shape index (κ1) is 19.7. The largest absolute Gasteiger partial charge is 0.507 e. The third-order valence-corrected chi connectivity index (χ3v) is 5.62. The van der Waals surface area contributed by atoms with Crippen LogP contribution < -0.4 is 5.73 Å². The molecule has 150 valence electrons. The molecule has 0 saturated heterocycles. The molecule has 30 heavy (non-hydrogen) atoms. The molecule has 0 fully saturated rings. The Bertz CT molecular complexity index is 1160. The molecule has 0 heterocycles. The van der Waals surface area contributed by atoms with Gasteiger partial charge in [-0.05, 0) is 64.0 Å². The minimum absolute atomic E-state index is 0.122. The first-order chi connectivity index (χ1) is 14.6. The number of phenols is 1. The van der Waals surface area contributed by atoms with Crippen molar-refractivity contribution < 1.29 is 9.90 Å². The van der Waals surface area contributed by atoms with Gasteiger partial charge in [-0.3, -0.25) is 4.79 Å². The maximum Gasteiger partial charge on any atom is 0.221 e. The van der Waals surface area contributed by atoms with E-state index in [1.807, 2.05) is 24.3 Å². The summed E-state index contributed by atoms with van der Waals surface area (Å²) in [5.74, 6) is -0.202. The number of carbonyl (C=O) groups is 1. The Kier molecular flexibility index (Phi) is 5.53. The second kappa shape index (κ2) is 8.42. The van der Waals surface area contributed by atoms with E-state index >= 15 is 0 Å². The van der Waals surface area contributed by atoms with Gasteiger partial charge in [0.1, 0.15) is 5.75 Å². The summed E-state index contributed by atoms with van der Waals surface area (Å²) < 4.78 is 0. The van der Waals surface area contributed by atoms with Gasteiger partial charge in [-0.15, -0.1) is 0 Å². The van der Waals surface area contributed by atoms with Crippen molar-refractivity contribution >= 4 is 23.1 Å². The molecule has 0 spiro atoms. The summed E-state index contributed by atoms with van der Waals surface area (Å²) in [4.78, 5) is 11.7. The predicted molar refractivity (Wildman–Crippen MR) is 123 cm³/mol. The molecule has 3 aromatic carbocycles. The molecule has 1 aliphatic carbocycles. The van der Waals surface area contributed by atoms with Crippen LogP contribution in [0.25, 0.3) is 17.2 Å². The third-order valence-electron chi connectivity index (χ3n) is 5.62. The van der Waals surface area contributed by atoms with Crippen molar-refractivity contribution in [3.8, 4) is 5.75 Å². The highest BCUT2D eigenvalue weighted by Gasteiger charge is 2.28. The van der Waals surface area contributed by atoms with Crippen molar-refractivity contribution in [2.45, 2.75) is 26.2 Å². The maximum absolute atomic E-state index is 11.7. The lowest BCUT2D eigenvalue weighted by Crippen LogP contribution is -2.11. The topological polar surface area (TPSA) is 63.3 Å². The van der Waals surface area contributed by atoms with E-state index in [4.69, 9.17) is 5.73 Å². The molecule has 0 unspecified atom stereocenters. The van der Waals surface area contributed by atoms with E-state index in [0.717, 1.165) is 46.3 Å². The zero-order valence-corrected chi connectivity index (χ0v) is 17.1. The molecule has 1 aliphatic rings. The highest BCUT2D eigenvalue weighted by atomic mass is 16.3. The number of phenolic OH excluding ortho intramolecular Hbond substituents is 1. The summed E-state index contributed by atoms with van der Waals surface area (Å²) in [6.07, 6.45) is 3.90. The van der Waals surface area contributed by atoms with Gasteiger partial charge in [0.25, 0.3) is 0 Å². The molecule has 0 aromatic heterocycles. The van der Waals surface area contributed by atoms with E-state index in [2.05, 4.69) is 55.5 Å². The number of amides is 1. The number of nitrogens with two attached hydrogens (primary N) is 1. The number of benzene rings is 3. The summed E-state index contributed by atoms with van der Waals surface area (Å²) >= 11 is 0. The molecule has 1 amide bonds. The van der Waals surface area contributed by atoms with Crippen LogP contribution in [0.15, 0.2) is 78.4 Å². The lowest BCUT2D eigenvalue weighted by atomic mass is 9.94. The Balaban J connectivity index is 1.85. The van der Waals surface area contributed by atoms with Crippen LogP contribution in [0, 0.1) is 0 Å². The summed E-state index contributed by atoms with van der Waals surface area (Å²) in [7, 11) is 0. The standard InChI is InChI=1S/C27H25NO2/c1-2-21-23(22-13-8-14-25(29)27(22)24(21)17-26(28)30)16-20-12-7-6-11-19(20)15-18-9-4-3-5-10-18/h3-14,16,29H,2,15,17H2,1H3,(H2,28,30). The van der Waals surface area contributed by atoms with Crippen molar-refractivity contribution in [2.24, 2.45) is 5.73 Å². The molecular formula is C27H25NO2. The van der Waals surface area contributed by atoms with Crippen LogP contribution in [-0.4, -0.2) is 11.0 Å². The van der Waals surface area contributed by atoms with Gasteiger partial charge in [-0.2, -0.15) is 0 Å². The molecule has 0 atom stereocenters. The number of carbonyl (C=O) groups excluding carboxylic acids is 1. The normalized spacial score (nSPS) is 14.2. The number of primary amides is 1. The highest BCUT2D eigenvalue weighted by molar-refractivity contribution is 6.09. The summed E-state index contributed by atoms with van der Waals surface area (Å²) in [6, 6.07) is 24.3. The van der Waals surface area contributed by atoms with Crippen LogP contribution in [0.3, 0.4) is 0 Å². The molecule has 0 radical (unpaired) electrons. The fraction of sp³-hybridized carbons (Fsp3) is 0.148. The van der Waals surface area contributed by atoms with Crippen LogP contribution in [-0.2, 0) is 11.2 Å². The van der Waals surface area contributed by atoms with Gasteiger partial charge >= 0.3 is 0 Å². The Hall–Kier alpha value is -3.59. The first-order valence-corrected chi connectivity index (χ1v) is 10.3. The van der Waals surface area contributed by atoms with Gasteiger partial charge in [0.2, 0.25) is 5.91 Å². The Morgan fingerprint density at radius 2 is 1.67 bits per heavy atom. The van der Waals surface area contributed by atoms with Crippen molar-refractivity contribution in [1.82, 2.24) is 0 Å². The molecule has 3 nitrogen and oxygen atoms in total. The highest BCUT2D eigenvalue weighted by Crippen LogP contribution is 2.48. The molecular weight excluding hydrogens is 370 g/mol. The van der Waals surface area contributed by atoms with Crippen molar-refractivity contribution in [3.05, 3.63) is 106 Å². The maximum atomic E-state index is 11.7. The SMILES string of the molecule is CCC1=C(CC(N)=O)c2c(O)cccc2C1=Cc1ccccc1Cc1ccccc1. The summed E-state index contributed by atoms with van der Waals surface area (Å²) in [6.45, 7) is 2.07. The van der Waals surface area contributed by atoms with Crippen molar-refractivity contribution in [1.29, 1.82) is 0 Å². The Morgan fingerprint density at radius 3 is 2.40 bits per heavy atom. The van der Waals surface area contributed by atoms with E-state index < -0.39 is 5.91 Å². The second-order valence-corrected chi connectivity index (χ2v) is 7.57. The lowest BCUT2D eigenvalue weighted by Gasteiger charge is -2.10. The van der Waals surface area contributed by atoms with Gasteiger partial charge in [-0.1, -0.05) is 73.7 Å². The van der Waals surface area contributed by atoms with Gasteiger partial charge in [0, 0.05) is 5.56 Å². The minimum Gasteiger partial charge on any atom is -0.507 e. The zero-order chi connectivity index (χ0) is 21.1. The van der Waals surface area contributed by atoms with Gasteiger partial charge in [0.15, 0.2) is 0 Å². The number of allylic oxidation sites excluding steroid dienone is 2. The lowest BCUT2D eigenvalue weighted by molar-refractivity contribution is -0.117. The number of hydrogen-bond acceptors (Lipinski definition) is 2. The van der Waals surface area contributed by atoms with Crippen molar-refractivity contribution in [3.63, 3.8) is 0 Å². The van der Waals surface area contributed by atoms with E-state index in [-0.39, 0.29) is 12.2 Å². The van der Waals surface area contributed by atoms with E-state index in [0.29, 0.717) is 0 Å². The molecule has 3 heteroatoms. The minimum atomic E-state index is -0.393. The third kappa shape index (κ3) is 3.79. The molecule has 3 aromatic rings. The van der Waals surface area contributed by atoms with Gasteiger partial charge < -0.3 is 10.8 Å². The number of hydrogen-bond donors (Lipinski definition) is 2. The van der Waals surface area contributed by atoms with Crippen LogP contribution in [0.2, 0.25) is 0 Å². The first-order valence-electron chi connectivity index (χ1n) is 10.3.